The topological polar surface area (TPSA) is 90.0 Å². The average Bonchev–Trinajstić information content (AvgIpc) is 2.65. The van der Waals surface area contributed by atoms with Gasteiger partial charge < -0.3 is 5.73 Å². The maximum atomic E-state index is 12.2. The van der Waals surface area contributed by atoms with Crippen LogP contribution >= 0.6 is 23.2 Å². The summed E-state index contributed by atoms with van der Waals surface area (Å²) in [5.74, 6) is -0.0897. The van der Waals surface area contributed by atoms with Crippen LogP contribution in [0, 0.1) is 0 Å². The van der Waals surface area contributed by atoms with Crippen LogP contribution in [-0.4, -0.2) is 18.2 Å². The molecule has 0 bridgehead atoms. The molecule has 0 amide bonds. The molecule has 19 heavy (non-hydrogen) atoms. The molecule has 0 aliphatic heterocycles. The maximum Gasteiger partial charge on any atom is 0.267 e. The second-order valence-corrected chi connectivity index (χ2v) is 6.20. The molecular weight excluding hydrogens is 311 g/mol. The minimum absolute atomic E-state index is 0.0897. The third-order valence-electron chi connectivity index (χ3n) is 2.31. The van der Waals surface area contributed by atoms with E-state index in [1.807, 2.05) is 0 Å². The molecule has 0 atom stereocenters. The number of hydrogen-bond acceptors (Lipinski definition) is 4. The normalized spacial score (nSPS) is 11.5. The van der Waals surface area contributed by atoms with E-state index in [1.54, 1.807) is 19.2 Å². The molecule has 0 unspecified atom stereocenters. The smallest absolute Gasteiger partial charge is 0.267 e. The fraction of sp³-hybridized carbons (Fsp3) is 0.100. The third kappa shape index (κ3) is 2.78. The number of nitrogen functional groups attached to an aromatic ring is 1. The Morgan fingerprint density at radius 2 is 2.05 bits per heavy atom. The Labute approximate surface area is 120 Å². The van der Waals surface area contributed by atoms with Gasteiger partial charge in [0, 0.05) is 13.2 Å². The number of nitrogens with zero attached hydrogens (tertiary/aromatic N) is 2. The Morgan fingerprint density at radius 1 is 1.37 bits per heavy atom. The second kappa shape index (κ2) is 4.92. The number of hydrogen-bond donors (Lipinski definition) is 2. The summed E-state index contributed by atoms with van der Waals surface area (Å²) in [5.41, 5.74) is 5.72. The van der Waals surface area contributed by atoms with Crippen molar-refractivity contribution >= 4 is 44.7 Å². The molecule has 3 N–H and O–H groups in total. The minimum Gasteiger partial charge on any atom is -0.381 e. The molecule has 2 aromatic rings. The highest BCUT2D eigenvalue weighted by atomic mass is 35.5. The van der Waals surface area contributed by atoms with Gasteiger partial charge in [0.15, 0.2) is 5.82 Å². The molecule has 2 rings (SSSR count). The monoisotopic (exact) mass is 320 g/mol. The second-order valence-electron chi connectivity index (χ2n) is 3.76. The zero-order valence-corrected chi connectivity index (χ0v) is 12.1. The molecule has 0 aliphatic carbocycles. The van der Waals surface area contributed by atoms with Crippen molar-refractivity contribution in [2.75, 3.05) is 10.5 Å². The van der Waals surface area contributed by atoms with Crippen LogP contribution in [0.3, 0.4) is 0 Å². The summed E-state index contributed by atoms with van der Waals surface area (Å²) in [5, 5.41) is 4.15. The predicted molar refractivity (Wildman–Crippen MR) is 74.9 cm³/mol. The first kappa shape index (κ1) is 14.0. The summed E-state index contributed by atoms with van der Waals surface area (Å²) in [6.07, 6.45) is 1.30. The molecular formula is C10H10Cl2N4O2S. The summed E-state index contributed by atoms with van der Waals surface area (Å²) in [6.45, 7) is 0. The van der Waals surface area contributed by atoms with E-state index in [9.17, 15) is 8.42 Å². The summed E-state index contributed by atoms with van der Waals surface area (Å²) in [7, 11) is -2.29. The van der Waals surface area contributed by atoms with Crippen LogP contribution in [0.15, 0.2) is 29.3 Å². The molecule has 0 radical (unpaired) electrons. The van der Waals surface area contributed by atoms with Crippen LogP contribution in [0.4, 0.5) is 11.5 Å². The molecule has 1 aromatic heterocycles. The van der Waals surface area contributed by atoms with Crippen LogP contribution in [0.1, 0.15) is 0 Å². The van der Waals surface area contributed by atoms with Crippen LogP contribution in [0.2, 0.25) is 10.0 Å². The zero-order valence-electron chi connectivity index (χ0n) is 9.76. The number of nitrogens with two attached hydrogens (primary N) is 1. The molecule has 0 fully saturated rings. The van der Waals surface area contributed by atoms with Gasteiger partial charge in [0.05, 0.1) is 15.7 Å². The van der Waals surface area contributed by atoms with Gasteiger partial charge >= 0.3 is 0 Å². The quantitative estimate of drug-likeness (QED) is 0.906. The van der Waals surface area contributed by atoms with E-state index in [0.29, 0.717) is 0 Å². The number of halogens is 2. The third-order valence-corrected chi connectivity index (χ3v) is 4.51. The summed E-state index contributed by atoms with van der Waals surface area (Å²) < 4.78 is 27.9. The number of sulfonamides is 1. The van der Waals surface area contributed by atoms with Crippen LogP contribution in [0.5, 0.6) is 0 Å². The molecule has 1 aromatic carbocycles. The average molecular weight is 321 g/mol. The van der Waals surface area contributed by atoms with Gasteiger partial charge in [-0.2, -0.15) is 5.10 Å². The fourth-order valence-electron chi connectivity index (χ4n) is 1.47. The van der Waals surface area contributed by atoms with E-state index in [-0.39, 0.29) is 26.4 Å². The number of benzene rings is 1. The highest BCUT2D eigenvalue weighted by Crippen LogP contribution is 2.31. The Bertz CT molecular complexity index is 727. The van der Waals surface area contributed by atoms with Crippen LogP contribution in [0.25, 0.3) is 0 Å². The van der Waals surface area contributed by atoms with E-state index in [1.165, 1.54) is 16.9 Å². The van der Waals surface area contributed by atoms with Gasteiger partial charge in [-0.3, -0.25) is 9.40 Å². The predicted octanol–water partition coefficient (Wildman–Crippen LogP) is 2.11. The number of nitrogens with one attached hydrogen (secondary N) is 1. The highest BCUT2D eigenvalue weighted by Gasteiger charge is 2.22. The van der Waals surface area contributed by atoms with E-state index in [2.05, 4.69) is 9.82 Å². The van der Waals surface area contributed by atoms with Crippen molar-refractivity contribution in [1.29, 1.82) is 0 Å². The van der Waals surface area contributed by atoms with Gasteiger partial charge in [-0.05, 0) is 12.1 Å². The first-order chi connectivity index (χ1) is 8.81. The largest absolute Gasteiger partial charge is 0.381 e. The van der Waals surface area contributed by atoms with Gasteiger partial charge in [0.1, 0.15) is 4.90 Å². The Morgan fingerprint density at radius 3 is 2.63 bits per heavy atom. The highest BCUT2D eigenvalue weighted by molar-refractivity contribution is 7.92. The van der Waals surface area contributed by atoms with E-state index >= 15 is 0 Å². The molecule has 102 valence electrons. The lowest BCUT2D eigenvalue weighted by Gasteiger charge is -2.09. The van der Waals surface area contributed by atoms with E-state index in [4.69, 9.17) is 28.9 Å². The minimum atomic E-state index is -3.86. The number of aromatic nitrogens is 2. The standard InChI is InChI=1S/C10H10Cl2N4O2S/c1-16-5-8(10(13)14-16)19(17,18)15-7-4-2-3-6(11)9(7)12/h2-5,15H,1H3,(H2,13,14). The SMILES string of the molecule is Cn1cc(S(=O)(=O)Nc2cccc(Cl)c2Cl)c(N)n1. The van der Waals surface area contributed by atoms with E-state index in [0.717, 1.165) is 0 Å². The van der Waals surface area contributed by atoms with Crippen molar-refractivity contribution in [3.8, 4) is 0 Å². The Kier molecular flexibility index (Phi) is 3.62. The zero-order chi connectivity index (χ0) is 14.2. The fourth-order valence-corrected chi connectivity index (χ4v) is 3.05. The molecule has 1 heterocycles. The van der Waals surface area contributed by atoms with Crippen molar-refractivity contribution < 1.29 is 8.42 Å². The molecule has 9 heteroatoms. The maximum absolute atomic E-state index is 12.2. The molecule has 6 nitrogen and oxygen atoms in total. The molecule has 0 saturated carbocycles. The number of anilines is 2. The van der Waals surface area contributed by atoms with Crippen molar-refractivity contribution in [2.24, 2.45) is 7.05 Å². The summed E-state index contributed by atoms with van der Waals surface area (Å²) in [6, 6.07) is 4.64. The van der Waals surface area contributed by atoms with Crippen molar-refractivity contribution in [3.63, 3.8) is 0 Å². The van der Waals surface area contributed by atoms with Crippen molar-refractivity contribution in [3.05, 3.63) is 34.4 Å². The lowest BCUT2D eigenvalue weighted by Crippen LogP contribution is -2.14. The first-order valence-corrected chi connectivity index (χ1v) is 7.31. The number of aryl methyl sites for hydroxylation is 1. The lowest BCUT2D eigenvalue weighted by molar-refractivity contribution is 0.601. The molecule has 0 saturated heterocycles. The lowest BCUT2D eigenvalue weighted by atomic mass is 10.3. The summed E-state index contributed by atoms with van der Waals surface area (Å²) >= 11 is 11.7. The first-order valence-electron chi connectivity index (χ1n) is 5.07. The van der Waals surface area contributed by atoms with Crippen LogP contribution in [-0.2, 0) is 17.1 Å². The van der Waals surface area contributed by atoms with E-state index < -0.39 is 10.0 Å². The van der Waals surface area contributed by atoms with Gasteiger partial charge in [-0.15, -0.1) is 0 Å². The Hall–Kier alpha value is -1.44. The van der Waals surface area contributed by atoms with Gasteiger partial charge in [-0.1, -0.05) is 29.3 Å². The molecule has 0 aliphatic rings. The van der Waals surface area contributed by atoms with Gasteiger partial charge in [-0.25, -0.2) is 8.42 Å². The van der Waals surface area contributed by atoms with Crippen molar-refractivity contribution in [1.82, 2.24) is 9.78 Å². The number of rotatable bonds is 3. The van der Waals surface area contributed by atoms with Gasteiger partial charge in [0.25, 0.3) is 10.0 Å². The van der Waals surface area contributed by atoms with Crippen LogP contribution < -0.4 is 10.5 Å². The summed E-state index contributed by atoms with van der Waals surface area (Å²) in [4.78, 5) is -0.119. The van der Waals surface area contributed by atoms with Gasteiger partial charge in [0.2, 0.25) is 0 Å². The molecule has 0 spiro atoms. The van der Waals surface area contributed by atoms with Crippen molar-refractivity contribution in [2.45, 2.75) is 4.90 Å². The Balaban J connectivity index is 2.42.